The average molecular weight is 283 g/mol. The fourth-order valence-corrected chi connectivity index (χ4v) is 2.26. The highest BCUT2D eigenvalue weighted by molar-refractivity contribution is 5.50. The highest BCUT2D eigenvalue weighted by Gasteiger charge is 2.07. The van der Waals surface area contributed by atoms with Gasteiger partial charge >= 0.3 is 0 Å². The maximum absolute atomic E-state index is 5.68. The average Bonchev–Trinajstić information content (AvgIpc) is 2.48. The molecule has 0 aliphatic heterocycles. The molecule has 2 nitrogen and oxygen atoms in total. The number of ether oxygens (including phenoxy) is 1. The summed E-state index contributed by atoms with van der Waals surface area (Å²) in [5.74, 6) is 0.925. The van der Waals surface area contributed by atoms with Gasteiger partial charge in [-0.05, 0) is 56.0 Å². The maximum Gasteiger partial charge on any atom is 0.121 e. The molecule has 2 rings (SSSR count). The van der Waals surface area contributed by atoms with Crippen molar-refractivity contribution in [2.75, 3.05) is 11.9 Å². The first-order valence-electron chi connectivity index (χ1n) is 7.66. The third-order valence-electron chi connectivity index (χ3n) is 3.72. The highest BCUT2D eigenvalue weighted by atomic mass is 16.5. The number of rotatable bonds is 6. The van der Waals surface area contributed by atoms with Gasteiger partial charge < -0.3 is 10.1 Å². The van der Waals surface area contributed by atoms with E-state index in [2.05, 4.69) is 63.3 Å². The molecule has 0 aromatic heterocycles. The molecule has 1 atom stereocenters. The molecule has 0 heterocycles. The Labute approximate surface area is 128 Å². The number of benzene rings is 2. The molecule has 2 heteroatoms. The molecule has 0 spiro atoms. The molecule has 0 aliphatic carbocycles. The number of hydrogen-bond acceptors (Lipinski definition) is 2. The maximum atomic E-state index is 5.68. The zero-order valence-electron chi connectivity index (χ0n) is 13.4. The predicted octanol–water partition coefficient (Wildman–Crippen LogP) is 5.27. The first-order chi connectivity index (χ1) is 10.1. The summed E-state index contributed by atoms with van der Waals surface area (Å²) in [6.07, 6.45) is 1.02. The van der Waals surface area contributed by atoms with Gasteiger partial charge in [0.05, 0.1) is 6.61 Å². The molecule has 0 fully saturated rings. The van der Waals surface area contributed by atoms with E-state index >= 15 is 0 Å². The smallest absolute Gasteiger partial charge is 0.121 e. The molecule has 112 valence electrons. The van der Waals surface area contributed by atoms with Gasteiger partial charge in [-0.3, -0.25) is 0 Å². The lowest BCUT2D eigenvalue weighted by atomic mass is 10.0. The van der Waals surface area contributed by atoms with Gasteiger partial charge in [0.25, 0.3) is 0 Å². The Kier molecular flexibility index (Phi) is 5.26. The quantitative estimate of drug-likeness (QED) is 0.780. The topological polar surface area (TPSA) is 21.3 Å². The van der Waals surface area contributed by atoms with Crippen molar-refractivity contribution in [1.29, 1.82) is 0 Å². The monoisotopic (exact) mass is 283 g/mol. The zero-order valence-corrected chi connectivity index (χ0v) is 13.4. The van der Waals surface area contributed by atoms with E-state index in [1.165, 1.54) is 16.7 Å². The van der Waals surface area contributed by atoms with Crippen LogP contribution in [0.4, 0.5) is 5.69 Å². The van der Waals surface area contributed by atoms with E-state index in [0.717, 1.165) is 24.5 Å². The Hall–Kier alpha value is -1.96. The third-order valence-corrected chi connectivity index (χ3v) is 3.72. The Morgan fingerprint density at radius 2 is 1.86 bits per heavy atom. The fourth-order valence-electron chi connectivity index (χ4n) is 2.26. The van der Waals surface area contributed by atoms with Gasteiger partial charge in [-0.1, -0.05) is 31.2 Å². The Balaban J connectivity index is 2.07. The minimum Gasteiger partial charge on any atom is -0.494 e. The van der Waals surface area contributed by atoms with Crippen LogP contribution in [-0.2, 0) is 0 Å². The van der Waals surface area contributed by atoms with E-state index in [9.17, 15) is 0 Å². The van der Waals surface area contributed by atoms with Crippen molar-refractivity contribution >= 4 is 5.69 Å². The lowest BCUT2D eigenvalue weighted by Crippen LogP contribution is -2.07. The van der Waals surface area contributed by atoms with Gasteiger partial charge in [0, 0.05) is 17.8 Å². The molecule has 0 saturated heterocycles. The Morgan fingerprint density at radius 3 is 2.57 bits per heavy atom. The Bertz CT molecular complexity index is 592. The summed E-state index contributed by atoms with van der Waals surface area (Å²) in [6.45, 7) is 9.36. The van der Waals surface area contributed by atoms with Gasteiger partial charge in [-0.15, -0.1) is 0 Å². The second-order valence-corrected chi connectivity index (χ2v) is 5.59. The first-order valence-corrected chi connectivity index (χ1v) is 7.66. The summed E-state index contributed by atoms with van der Waals surface area (Å²) >= 11 is 0. The van der Waals surface area contributed by atoms with Crippen molar-refractivity contribution in [3.05, 3.63) is 59.2 Å². The molecule has 1 unspecified atom stereocenters. The van der Waals surface area contributed by atoms with Crippen LogP contribution in [0, 0.1) is 13.8 Å². The lowest BCUT2D eigenvalue weighted by Gasteiger charge is -2.17. The number of nitrogens with one attached hydrogen (secondary N) is 1. The van der Waals surface area contributed by atoms with Crippen LogP contribution in [0.15, 0.2) is 42.5 Å². The number of anilines is 1. The van der Waals surface area contributed by atoms with E-state index in [1.54, 1.807) is 0 Å². The number of aryl methyl sites for hydroxylation is 2. The van der Waals surface area contributed by atoms with E-state index in [1.807, 2.05) is 12.1 Å². The van der Waals surface area contributed by atoms with Crippen LogP contribution in [0.1, 0.15) is 43.0 Å². The molecule has 0 amide bonds. The summed E-state index contributed by atoms with van der Waals surface area (Å²) in [5.41, 5.74) is 5.06. The second kappa shape index (κ2) is 7.16. The van der Waals surface area contributed by atoms with Crippen molar-refractivity contribution in [3.63, 3.8) is 0 Å². The van der Waals surface area contributed by atoms with Crippen LogP contribution >= 0.6 is 0 Å². The summed E-state index contributed by atoms with van der Waals surface area (Å²) in [6, 6.07) is 15.1. The van der Waals surface area contributed by atoms with E-state index in [-0.39, 0.29) is 6.04 Å². The van der Waals surface area contributed by atoms with Crippen LogP contribution in [-0.4, -0.2) is 6.61 Å². The van der Waals surface area contributed by atoms with Crippen LogP contribution in [0.25, 0.3) is 0 Å². The zero-order chi connectivity index (χ0) is 15.2. The standard InChI is InChI=1S/C19H25NO/c1-5-11-21-19-8-6-7-18(13-19)20-16(4)17-10-9-14(2)15(3)12-17/h6-10,12-13,16,20H,5,11H2,1-4H3. The van der Waals surface area contributed by atoms with Crippen LogP contribution in [0.3, 0.4) is 0 Å². The predicted molar refractivity (Wildman–Crippen MR) is 90.2 cm³/mol. The molecule has 2 aromatic carbocycles. The van der Waals surface area contributed by atoms with Crippen molar-refractivity contribution in [2.24, 2.45) is 0 Å². The van der Waals surface area contributed by atoms with Gasteiger partial charge in [0.1, 0.15) is 5.75 Å². The summed E-state index contributed by atoms with van der Waals surface area (Å²) in [4.78, 5) is 0. The number of hydrogen-bond donors (Lipinski definition) is 1. The molecule has 0 saturated carbocycles. The van der Waals surface area contributed by atoms with Crippen molar-refractivity contribution in [2.45, 2.75) is 40.2 Å². The van der Waals surface area contributed by atoms with E-state index in [4.69, 9.17) is 4.74 Å². The van der Waals surface area contributed by atoms with Crippen molar-refractivity contribution < 1.29 is 4.74 Å². The lowest BCUT2D eigenvalue weighted by molar-refractivity contribution is 0.317. The SMILES string of the molecule is CCCOc1cccc(NC(C)c2ccc(C)c(C)c2)c1. The van der Waals surface area contributed by atoms with Gasteiger partial charge in [-0.2, -0.15) is 0 Å². The van der Waals surface area contributed by atoms with Crippen LogP contribution in [0.2, 0.25) is 0 Å². The normalized spacial score (nSPS) is 12.0. The largest absolute Gasteiger partial charge is 0.494 e. The molecular formula is C19H25NO. The third kappa shape index (κ3) is 4.25. The second-order valence-electron chi connectivity index (χ2n) is 5.59. The van der Waals surface area contributed by atoms with Crippen molar-refractivity contribution in [3.8, 4) is 5.75 Å². The minimum absolute atomic E-state index is 0.269. The van der Waals surface area contributed by atoms with Crippen LogP contribution < -0.4 is 10.1 Å². The molecule has 0 aliphatic rings. The van der Waals surface area contributed by atoms with Gasteiger partial charge in [0.2, 0.25) is 0 Å². The molecule has 0 radical (unpaired) electrons. The van der Waals surface area contributed by atoms with E-state index in [0.29, 0.717) is 0 Å². The minimum atomic E-state index is 0.269. The van der Waals surface area contributed by atoms with E-state index < -0.39 is 0 Å². The Morgan fingerprint density at radius 1 is 1.05 bits per heavy atom. The van der Waals surface area contributed by atoms with Crippen molar-refractivity contribution in [1.82, 2.24) is 0 Å². The van der Waals surface area contributed by atoms with Crippen LogP contribution in [0.5, 0.6) is 5.75 Å². The molecule has 0 bridgehead atoms. The highest BCUT2D eigenvalue weighted by Crippen LogP contribution is 2.24. The first kappa shape index (κ1) is 15.4. The van der Waals surface area contributed by atoms with Gasteiger partial charge in [-0.25, -0.2) is 0 Å². The van der Waals surface area contributed by atoms with Gasteiger partial charge in [0.15, 0.2) is 0 Å². The fraction of sp³-hybridized carbons (Fsp3) is 0.368. The summed E-state index contributed by atoms with van der Waals surface area (Å²) in [5, 5.41) is 3.54. The molecule has 21 heavy (non-hydrogen) atoms. The molecule has 1 N–H and O–H groups in total. The molecular weight excluding hydrogens is 258 g/mol. The summed E-state index contributed by atoms with van der Waals surface area (Å²) in [7, 11) is 0. The summed E-state index contributed by atoms with van der Waals surface area (Å²) < 4.78 is 5.68. The molecule has 2 aromatic rings.